The number of nitrogens with one attached hydrogen (secondary N) is 2. The third kappa shape index (κ3) is 5.39. The number of fused-ring (bicyclic) bond motifs is 1. The van der Waals surface area contributed by atoms with Crippen LogP contribution in [0.5, 0.6) is 0 Å². The summed E-state index contributed by atoms with van der Waals surface area (Å²) in [6.45, 7) is 1.07. The maximum Gasteiger partial charge on any atom is 0.490 e. The molecule has 16 heteroatoms. The highest BCUT2D eigenvalue weighted by Crippen LogP contribution is 2.30. The molecule has 3 aromatic heterocycles. The Morgan fingerprint density at radius 1 is 1.12 bits per heavy atom. The summed E-state index contributed by atoms with van der Waals surface area (Å²) in [5.41, 5.74) is -0.310. The molecule has 2 atom stereocenters. The van der Waals surface area contributed by atoms with Gasteiger partial charge in [0, 0.05) is 37.9 Å². The summed E-state index contributed by atoms with van der Waals surface area (Å²) in [6, 6.07) is 1.30. The highest BCUT2D eigenvalue weighted by atomic mass is 19.4. The molecule has 0 bridgehead atoms. The number of carbonyl (C=O) groups excluding carboxylic acids is 1. The van der Waals surface area contributed by atoms with Gasteiger partial charge >= 0.3 is 18.3 Å². The molecule has 3 aromatic rings. The smallest absolute Gasteiger partial charge is 0.475 e. The Kier molecular flexibility index (Phi) is 6.57. The standard InChI is InChI=1S/C15H14F3N7O.C2HF3O2/c16-15(17,18)14-23-12(11-8-19-3-5-24(11)14)13(26)22-9-6-20-7-10(9)25-4-1-2-21-25;3-2(4,5)1(6)7/h1-5,8-10,20H,6-7H2,(H,22,26);(H,6,7)/t9-,10+;/m1./s1. The number of alkyl halides is 6. The molecular formula is C17H15F6N7O3. The minimum Gasteiger partial charge on any atom is -0.475 e. The van der Waals surface area contributed by atoms with E-state index in [1.165, 1.54) is 12.4 Å². The Morgan fingerprint density at radius 3 is 2.39 bits per heavy atom. The van der Waals surface area contributed by atoms with Crippen LogP contribution in [0.2, 0.25) is 0 Å². The second-order valence-corrected chi connectivity index (χ2v) is 6.71. The normalized spacial score (nSPS) is 18.6. The first-order chi connectivity index (χ1) is 15.4. The lowest BCUT2D eigenvalue weighted by atomic mass is 10.1. The van der Waals surface area contributed by atoms with E-state index in [2.05, 4.69) is 25.7 Å². The average molecular weight is 479 g/mol. The summed E-state index contributed by atoms with van der Waals surface area (Å²) in [5.74, 6) is -4.60. The van der Waals surface area contributed by atoms with Crippen molar-refractivity contribution in [2.45, 2.75) is 24.4 Å². The summed E-state index contributed by atoms with van der Waals surface area (Å²) in [4.78, 5) is 28.9. The van der Waals surface area contributed by atoms with Gasteiger partial charge in [0.25, 0.3) is 5.91 Å². The molecule has 10 nitrogen and oxygen atoms in total. The van der Waals surface area contributed by atoms with Crippen LogP contribution in [-0.2, 0) is 11.0 Å². The number of rotatable bonds is 3. The van der Waals surface area contributed by atoms with E-state index in [0.717, 1.165) is 10.6 Å². The predicted molar refractivity (Wildman–Crippen MR) is 97.1 cm³/mol. The number of carboxylic acids is 1. The number of imidazole rings is 1. The van der Waals surface area contributed by atoms with Crippen LogP contribution in [0.3, 0.4) is 0 Å². The average Bonchev–Trinajstić information content (AvgIpc) is 3.46. The van der Waals surface area contributed by atoms with Crippen LogP contribution < -0.4 is 10.6 Å². The summed E-state index contributed by atoms with van der Waals surface area (Å²) < 4.78 is 73.8. The lowest BCUT2D eigenvalue weighted by Gasteiger charge is -2.20. The molecule has 1 saturated heterocycles. The molecule has 0 aromatic carbocycles. The summed E-state index contributed by atoms with van der Waals surface area (Å²) >= 11 is 0. The van der Waals surface area contributed by atoms with Gasteiger partial charge in [-0.25, -0.2) is 9.78 Å². The van der Waals surface area contributed by atoms with Gasteiger partial charge in [-0.05, 0) is 6.07 Å². The van der Waals surface area contributed by atoms with Crippen LogP contribution in [0.15, 0.2) is 37.1 Å². The Balaban J connectivity index is 0.000000383. The fourth-order valence-electron chi connectivity index (χ4n) is 3.11. The fraction of sp³-hybridized carbons (Fsp3) is 0.353. The Morgan fingerprint density at radius 2 is 1.82 bits per heavy atom. The maximum absolute atomic E-state index is 13.2. The van der Waals surface area contributed by atoms with Crippen molar-refractivity contribution in [2.75, 3.05) is 13.1 Å². The molecule has 4 rings (SSSR count). The second kappa shape index (κ2) is 9.05. The zero-order valence-electron chi connectivity index (χ0n) is 16.3. The number of hydrogen-bond donors (Lipinski definition) is 3. The molecule has 4 heterocycles. The fourth-order valence-corrected chi connectivity index (χ4v) is 3.11. The van der Waals surface area contributed by atoms with E-state index in [4.69, 9.17) is 9.90 Å². The van der Waals surface area contributed by atoms with Crippen molar-refractivity contribution >= 4 is 17.4 Å². The molecule has 0 radical (unpaired) electrons. The highest BCUT2D eigenvalue weighted by molar-refractivity contribution is 5.99. The molecule has 33 heavy (non-hydrogen) atoms. The van der Waals surface area contributed by atoms with Gasteiger partial charge in [-0.15, -0.1) is 0 Å². The van der Waals surface area contributed by atoms with Gasteiger partial charge in [0.05, 0.1) is 23.8 Å². The lowest BCUT2D eigenvalue weighted by Crippen LogP contribution is -2.41. The van der Waals surface area contributed by atoms with Crippen LogP contribution in [0.25, 0.3) is 5.52 Å². The van der Waals surface area contributed by atoms with E-state index in [-0.39, 0.29) is 23.3 Å². The van der Waals surface area contributed by atoms with E-state index in [1.807, 2.05) is 0 Å². The van der Waals surface area contributed by atoms with Crippen LogP contribution in [0, 0.1) is 0 Å². The minimum atomic E-state index is -5.08. The monoisotopic (exact) mass is 479 g/mol. The van der Waals surface area contributed by atoms with Crippen molar-refractivity contribution in [3.8, 4) is 0 Å². The molecule has 178 valence electrons. The van der Waals surface area contributed by atoms with Crippen molar-refractivity contribution in [3.05, 3.63) is 48.6 Å². The first kappa shape index (κ1) is 24.0. The summed E-state index contributed by atoms with van der Waals surface area (Å²) in [5, 5.41) is 17.2. The third-order valence-corrected chi connectivity index (χ3v) is 4.52. The van der Waals surface area contributed by atoms with Gasteiger partial charge in [0.2, 0.25) is 5.82 Å². The molecule has 1 aliphatic rings. The first-order valence-electron chi connectivity index (χ1n) is 9.09. The number of halogens is 6. The van der Waals surface area contributed by atoms with Crippen LogP contribution in [0.1, 0.15) is 22.4 Å². The summed E-state index contributed by atoms with van der Waals surface area (Å²) in [7, 11) is 0. The quantitative estimate of drug-likeness (QED) is 0.487. The number of nitrogens with zero attached hydrogens (tertiary/aromatic N) is 5. The summed E-state index contributed by atoms with van der Waals surface area (Å²) in [6.07, 6.45) is -2.84. The minimum absolute atomic E-state index is 0.001000. The van der Waals surface area contributed by atoms with Gasteiger partial charge < -0.3 is 15.7 Å². The van der Waals surface area contributed by atoms with Gasteiger partial charge in [-0.2, -0.15) is 31.4 Å². The van der Waals surface area contributed by atoms with Crippen molar-refractivity contribution < 1.29 is 41.0 Å². The van der Waals surface area contributed by atoms with Crippen molar-refractivity contribution in [1.29, 1.82) is 0 Å². The highest BCUT2D eigenvalue weighted by Gasteiger charge is 2.39. The van der Waals surface area contributed by atoms with Crippen LogP contribution in [-0.4, -0.2) is 66.4 Å². The van der Waals surface area contributed by atoms with Gasteiger partial charge in [0.15, 0.2) is 5.69 Å². The SMILES string of the molecule is O=C(N[C@@H]1CNC[C@@H]1n1cccn1)c1nc(C(F)(F)F)n2ccncc12.O=C(O)C(F)(F)F. The zero-order chi connectivity index (χ0) is 24.4. The number of amides is 1. The molecule has 1 aliphatic heterocycles. The van der Waals surface area contributed by atoms with Gasteiger partial charge in [-0.3, -0.25) is 18.9 Å². The van der Waals surface area contributed by atoms with Gasteiger partial charge in [0.1, 0.15) is 0 Å². The molecule has 0 aliphatic carbocycles. The number of carboxylic acid groups (broad SMARTS) is 1. The second-order valence-electron chi connectivity index (χ2n) is 6.71. The number of hydrogen-bond acceptors (Lipinski definition) is 6. The maximum atomic E-state index is 13.2. The zero-order valence-corrected chi connectivity index (χ0v) is 16.3. The van der Waals surface area contributed by atoms with E-state index in [9.17, 15) is 31.1 Å². The number of aromatic nitrogens is 5. The van der Waals surface area contributed by atoms with E-state index in [1.54, 1.807) is 23.1 Å². The van der Waals surface area contributed by atoms with E-state index in [0.29, 0.717) is 13.1 Å². The largest absolute Gasteiger partial charge is 0.490 e. The molecule has 0 spiro atoms. The third-order valence-electron chi connectivity index (χ3n) is 4.52. The van der Waals surface area contributed by atoms with E-state index < -0.39 is 30.1 Å². The van der Waals surface area contributed by atoms with E-state index >= 15 is 0 Å². The number of aliphatic carboxylic acids is 1. The van der Waals surface area contributed by atoms with Crippen LogP contribution in [0.4, 0.5) is 26.3 Å². The predicted octanol–water partition coefficient (Wildman–Crippen LogP) is 1.52. The first-order valence-corrected chi connectivity index (χ1v) is 9.09. The van der Waals surface area contributed by atoms with Crippen molar-refractivity contribution in [3.63, 3.8) is 0 Å². The molecular weight excluding hydrogens is 464 g/mol. The lowest BCUT2D eigenvalue weighted by molar-refractivity contribution is -0.192. The molecule has 0 saturated carbocycles. The van der Waals surface area contributed by atoms with Crippen molar-refractivity contribution in [2.24, 2.45) is 0 Å². The van der Waals surface area contributed by atoms with Crippen LogP contribution >= 0.6 is 0 Å². The molecule has 1 fully saturated rings. The van der Waals surface area contributed by atoms with Gasteiger partial charge in [-0.1, -0.05) is 0 Å². The van der Waals surface area contributed by atoms with Crippen molar-refractivity contribution in [1.82, 2.24) is 34.8 Å². The Bertz CT molecular complexity index is 1130. The number of carbonyl (C=O) groups is 2. The molecule has 3 N–H and O–H groups in total. The Hall–Kier alpha value is -3.69. The Labute approximate surface area is 180 Å². The topological polar surface area (TPSA) is 126 Å². The molecule has 1 amide bonds. The molecule has 0 unspecified atom stereocenters.